The summed E-state index contributed by atoms with van der Waals surface area (Å²) in [6.45, 7) is 0. The summed E-state index contributed by atoms with van der Waals surface area (Å²) in [5, 5.41) is 2.76. The highest BCUT2D eigenvalue weighted by atomic mass is 19.1. The lowest BCUT2D eigenvalue weighted by Gasteiger charge is -2.09. The molecule has 0 amide bonds. The number of hydrogen-bond acceptors (Lipinski definition) is 3. The molecule has 16 heavy (non-hydrogen) atoms. The number of nitrogens with one attached hydrogen (secondary N) is 1. The molecule has 0 fully saturated rings. The molecule has 3 nitrogen and oxygen atoms in total. The molecule has 0 aliphatic rings. The van der Waals surface area contributed by atoms with Crippen LogP contribution in [0.2, 0.25) is 0 Å². The Kier molecular flexibility index (Phi) is 2.68. The van der Waals surface area contributed by atoms with Crippen molar-refractivity contribution >= 4 is 17.1 Å². The normalized spacial score (nSPS) is 10.1. The molecule has 2 rings (SSSR count). The smallest absolute Gasteiger partial charge is 0.149 e. The predicted octanol–water partition coefficient (Wildman–Crippen LogP) is 2.69. The minimum absolute atomic E-state index is 0.166. The van der Waals surface area contributed by atoms with Crippen LogP contribution in [0.25, 0.3) is 0 Å². The molecular formula is C11H9F2N3. The van der Waals surface area contributed by atoms with E-state index in [0.717, 1.165) is 6.07 Å². The maximum absolute atomic E-state index is 13.3. The number of nitrogen functional groups attached to an aromatic ring is 1. The van der Waals surface area contributed by atoms with Gasteiger partial charge >= 0.3 is 0 Å². The predicted molar refractivity (Wildman–Crippen MR) is 58.3 cm³/mol. The van der Waals surface area contributed by atoms with Crippen LogP contribution in [0.15, 0.2) is 36.7 Å². The van der Waals surface area contributed by atoms with E-state index >= 15 is 0 Å². The molecule has 1 heterocycles. The van der Waals surface area contributed by atoms with E-state index in [4.69, 9.17) is 5.73 Å². The van der Waals surface area contributed by atoms with Crippen molar-refractivity contribution in [1.82, 2.24) is 4.98 Å². The number of aromatic nitrogens is 1. The Balaban J connectivity index is 2.31. The Bertz CT molecular complexity index is 514. The summed E-state index contributed by atoms with van der Waals surface area (Å²) < 4.78 is 26.0. The first-order valence-corrected chi connectivity index (χ1v) is 4.58. The number of hydrogen-bond donors (Lipinski definition) is 2. The number of rotatable bonds is 2. The van der Waals surface area contributed by atoms with Gasteiger partial charge in [-0.05, 0) is 18.2 Å². The molecule has 3 N–H and O–H groups in total. The third-order valence-corrected chi connectivity index (χ3v) is 2.05. The standard InChI is InChI=1S/C11H9F2N3/c12-7-1-2-10(8(13)5-7)16-11-3-4-15-6-9(11)14/h1-6H,14H2,(H,15,16). The third kappa shape index (κ3) is 2.08. The SMILES string of the molecule is Nc1cnccc1Nc1ccc(F)cc1F. The van der Waals surface area contributed by atoms with Crippen molar-refractivity contribution in [3.63, 3.8) is 0 Å². The molecule has 1 aromatic heterocycles. The molecule has 2 aromatic rings. The molecule has 0 bridgehead atoms. The average Bonchev–Trinajstić information content (AvgIpc) is 2.25. The van der Waals surface area contributed by atoms with Crippen molar-refractivity contribution in [2.45, 2.75) is 0 Å². The van der Waals surface area contributed by atoms with Crippen molar-refractivity contribution < 1.29 is 8.78 Å². The van der Waals surface area contributed by atoms with Gasteiger partial charge in [0.15, 0.2) is 0 Å². The van der Waals surface area contributed by atoms with E-state index in [1.807, 2.05) is 0 Å². The largest absolute Gasteiger partial charge is 0.396 e. The van der Waals surface area contributed by atoms with Gasteiger partial charge in [0, 0.05) is 12.3 Å². The van der Waals surface area contributed by atoms with Gasteiger partial charge in [-0.3, -0.25) is 4.98 Å². The topological polar surface area (TPSA) is 50.9 Å². The van der Waals surface area contributed by atoms with Gasteiger partial charge in [0.25, 0.3) is 0 Å². The van der Waals surface area contributed by atoms with E-state index in [-0.39, 0.29) is 5.69 Å². The molecule has 0 aliphatic carbocycles. The Labute approximate surface area is 90.9 Å². The van der Waals surface area contributed by atoms with Crippen molar-refractivity contribution in [3.8, 4) is 0 Å². The molecular weight excluding hydrogens is 212 g/mol. The Morgan fingerprint density at radius 1 is 1.12 bits per heavy atom. The number of nitrogens with two attached hydrogens (primary N) is 1. The number of nitrogens with zero attached hydrogens (tertiary/aromatic N) is 1. The summed E-state index contributed by atoms with van der Waals surface area (Å²) in [6, 6.07) is 4.89. The lowest BCUT2D eigenvalue weighted by molar-refractivity contribution is 0.586. The second-order valence-electron chi connectivity index (χ2n) is 3.21. The highest BCUT2D eigenvalue weighted by Crippen LogP contribution is 2.23. The summed E-state index contributed by atoms with van der Waals surface area (Å²) in [5.74, 6) is -1.29. The molecule has 1 aromatic carbocycles. The van der Waals surface area contributed by atoms with Crippen molar-refractivity contribution in [1.29, 1.82) is 0 Å². The number of anilines is 3. The van der Waals surface area contributed by atoms with Crippen molar-refractivity contribution in [2.24, 2.45) is 0 Å². The first kappa shape index (κ1) is 10.4. The van der Waals surface area contributed by atoms with Gasteiger partial charge in [0.2, 0.25) is 0 Å². The summed E-state index contributed by atoms with van der Waals surface area (Å²) >= 11 is 0. The monoisotopic (exact) mass is 221 g/mol. The minimum Gasteiger partial charge on any atom is -0.396 e. The van der Waals surface area contributed by atoms with E-state index in [2.05, 4.69) is 10.3 Å². The second kappa shape index (κ2) is 4.14. The van der Waals surface area contributed by atoms with E-state index < -0.39 is 11.6 Å². The molecule has 0 aliphatic heterocycles. The van der Waals surface area contributed by atoms with Crippen LogP contribution >= 0.6 is 0 Å². The minimum atomic E-state index is -0.670. The first-order chi connectivity index (χ1) is 7.66. The molecule has 0 saturated heterocycles. The van der Waals surface area contributed by atoms with Crippen LogP contribution in [0.4, 0.5) is 25.8 Å². The summed E-state index contributed by atoms with van der Waals surface area (Å²) in [5.41, 5.74) is 6.72. The Morgan fingerprint density at radius 3 is 2.62 bits per heavy atom. The number of pyridine rings is 1. The van der Waals surface area contributed by atoms with E-state index in [9.17, 15) is 8.78 Å². The lowest BCUT2D eigenvalue weighted by Crippen LogP contribution is -1.98. The fourth-order valence-electron chi connectivity index (χ4n) is 1.26. The van der Waals surface area contributed by atoms with Gasteiger partial charge in [0.1, 0.15) is 11.6 Å². The number of benzene rings is 1. The lowest BCUT2D eigenvalue weighted by atomic mass is 10.2. The van der Waals surface area contributed by atoms with Crippen LogP contribution in [0.3, 0.4) is 0 Å². The Hall–Kier alpha value is -2.17. The molecule has 5 heteroatoms. The highest BCUT2D eigenvalue weighted by molar-refractivity contribution is 5.71. The van der Waals surface area contributed by atoms with Crippen LogP contribution in [-0.4, -0.2) is 4.98 Å². The number of halogens is 2. The summed E-state index contributed by atoms with van der Waals surface area (Å²) in [4.78, 5) is 3.80. The van der Waals surface area contributed by atoms with Crippen LogP contribution in [-0.2, 0) is 0 Å². The van der Waals surface area contributed by atoms with Gasteiger partial charge in [-0.2, -0.15) is 0 Å². The zero-order chi connectivity index (χ0) is 11.5. The maximum atomic E-state index is 13.3. The summed E-state index contributed by atoms with van der Waals surface area (Å²) in [7, 11) is 0. The zero-order valence-electron chi connectivity index (χ0n) is 8.24. The van der Waals surface area contributed by atoms with Gasteiger partial charge in [-0.1, -0.05) is 0 Å². The quantitative estimate of drug-likeness (QED) is 0.819. The van der Waals surface area contributed by atoms with Gasteiger partial charge in [0.05, 0.1) is 23.3 Å². The highest BCUT2D eigenvalue weighted by Gasteiger charge is 2.05. The van der Waals surface area contributed by atoms with Gasteiger partial charge < -0.3 is 11.1 Å². The molecule has 82 valence electrons. The summed E-state index contributed by atoms with van der Waals surface area (Å²) in [6.07, 6.45) is 2.98. The molecule has 0 radical (unpaired) electrons. The van der Waals surface area contributed by atoms with Crippen molar-refractivity contribution in [3.05, 3.63) is 48.3 Å². The van der Waals surface area contributed by atoms with Gasteiger partial charge in [-0.25, -0.2) is 8.78 Å². The fraction of sp³-hybridized carbons (Fsp3) is 0. The zero-order valence-corrected chi connectivity index (χ0v) is 8.24. The first-order valence-electron chi connectivity index (χ1n) is 4.58. The third-order valence-electron chi connectivity index (χ3n) is 2.05. The average molecular weight is 221 g/mol. The molecule has 0 unspecified atom stereocenters. The van der Waals surface area contributed by atoms with Crippen LogP contribution in [0.5, 0.6) is 0 Å². The molecule has 0 spiro atoms. The maximum Gasteiger partial charge on any atom is 0.149 e. The van der Waals surface area contributed by atoms with E-state index in [1.54, 1.807) is 6.07 Å². The van der Waals surface area contributed by atoms with Crippen LogP contribution in [0, 0.1) is 11.6 Å². The fourth-order valence-corrected chi connectivity index (χ4v) is 1.26. The van der Waals surface area contributed by atoms with Crippen molar-refractivity contribution in [2.75, 3.05) is 11.1 Å². The van der Waals surface area contributed by atoms with E-state index in [0.29, 0.717) is 11.4 Å². The van der Waals surface area contributed by atoms with Crippen LogP contribution < -0.4 is 11.1 Å². The van der Waals surface area contributed by atoms with Crippen LogP contribution in [0.1, 0.15) is 0 Å². The van der Waals surface area contributed by atoms with Gasteiger partial charge in [-0.15, -0.1) is 0 Å². The second-order valence-corrected chi connectivity index (χ2v) is 3.21. The molecule has 0 saturated carbocycles. The Morgan fingerprint density at radius 2 is 1.94 bits per heavy atom. The molecule has 0 atom stereocenters. The van der Waals surface area contributed by atoms with E-state index in [1.165, 1.54) is 24.5 Å².